The van der Waals surface area contributed by atoms with Gasteiger partial charge in [0.05, 0.1) is 6.10 Å². The zero-order chi connectivity index (χ0) is 17.5. The molecule has 136 valence electrons. The van der Waals surface area contributed by atoms with Crippen molar-refractivity contribution in [3.8, 4) is 11.8 Å². The molecule has 0 unspecified atom stereocenters. The molecule has 0 spiro atoms. The Morgan fingerprint density at radius 1 is 0.913 bits per heavy atom. The summed E-state index contributed by atoms with van der Waals surface area (Å²) in [6.45, 7) is 16.7. The fourth-order valence-corrected chi connectivity index (χ4v) is 3.37. The van der Waals surface area contributed by atoms with E-state index in [0.29, 0.717) is 12.7 Å². The highest BCUT2D eigenvalue weighted by atomic mass is 16.5. The van der Waals surface area contributed by atoms with Gasteiger partial charge in [-0.2, -0.15) is 0 Å². The minimum atomic E-state index is 0.448. The van der Waals surface area contributed by atoms with E-state index in [1.807, 2.05) is 34.6 Å². The third kappa shape index (κ3) is 10.0. The second-order valence-electron chi connectivity index (χ2n) is 6.36. The number of likely N-dealkylation sites (tertiary alicyclic amines) is 1. The zero-order valence-corrected chi connectivity index (χ0v) is 16.7. The van der Waals surface area contributed by atoms with E-state index in [1.165, 1.54) is 58.2 Å². The van der Waals surface area contributed by atoms with Crippen LogP contribution in [0.5, 0.6) is 0 Å². The van der Waals surface area contributed by atoms with Crippen LogP contribution in [0, 0.1) is 23.7 Å². The van der Waals surface area contributed by atoms with Crippen molar-refractivity contribution in [2.45, 2.75) is 86.2 Å². The molecule has 1 heterocycles. The summed E-state index contributed by atoms with van der Waals surface area (Å²) in [5.74, 6) is 7.80. The smallest absolute Gasteiger partial charge is 0.108 e. The summed E-state index contributed by atoms with van der Waals surface area (Å²) < 4.78 is 5.78. The Hall–Kier alpha value is -0.520. The highest BCUT2D eigenvalue weighted by molar-refractivity contribution is 4.95. The van der Waals surface area contributed by atoms with Crippen LogP contribution in [0.1, 0.15) is 80.1 Å². The Balaban J connectivity index is 0.00000112. The summed E-state index contributed by atoms with van der Waals surface area (Å²) in [5.41, 5.74) is 0. The molecule has 0 aromatic rings. The van der Waals surface area contributed by atoms with Gasteiger partial charge in [0.15, 0.2) is 0 Å². The molecule has 0 bridgehead atoms. The van der Waals surface area contributed by atoms with E-state index in [1.54, 1.807) is 0 Å². The summed E-state index contributed by atoms with van der Waals surface area (Å²) in [4.78, 5) is 2.66. The molecular weight excluding hydrogens is 282 g/mol. The van der Waals surface area contributed by atoms with Crippen LogP contribution in [0.3, 0.4) is 0 Å². The Labute approximate surface area is 146 Å². The van der Waals surface area contributed by atoms with Crippen molar-refractivity contribution in [1.82, 2.24) is 4.90 Å². The molecule has 2 heteroatoms. The standard InChI is InChI=1S/C17H29NO.2C2H6/c1-3-4-13-19-17-9-11-18(12-10-17)14-16-7-5-15(2)6-8-16;2*1-2/h15-17H,5-14H2,1-2H3;2*1-2H3. The molecule has 1 aliphatic carbocycles. The maximum atomic E-state index is 5.78. The first kappa shape index (κ1) is 22.5. The van der Waals surface area contributed by atoms with Gasteiger partial charge in [-0.25, -0.2) is 0 Å². The largest absolute Gasteiger partial charge is 0.365 e. The van der Waals surface area contributed by atoms with E-state index in [4.69, 9.17) is 4.74 Å². The summed E-state index contributed by atoms with van der Waals surface area (Å²) in [6.07, 6.45) is 8.61. The molecule has 1 aliphatic heterocycles. The van der Waals surface area contributed by atoms with Gasteiger partial charge in [-0.1, -0.05) is 53.4 Å². The molecule has 0 N–H and O–H groups in total. The van der Waals surface area contributed by atoms with E-state index in [2.05, 4.69) is 23.7 Å². The van der Waals surface area contributed by atoms with Crippen molar-refractivity contribution in [2.75, 3.05) is 26.2 Å². The second-order valence-corrected chi connectivity index (χ2v) is 6.36. The van der Waals surface area contributed by atoms with Crippen molar-refractivity contribution in [3.05, 3.63) is 0 Å². The maximum absolute atomic E-state index is 5.78. The maximum Gasteiger partial charge on any atom is 0.108 e. The molecule has 2 rings (SSSR count). The van der Waals surface area contributed by atoms with E-state index in [0.717, 1.165) is 11.8 Å². The fraction of sp³-hybridized carbons (Fsp3) is 0.905. The first-order chi connectivity index (χ1) is 11.3. The average molecular weight is 324 g/mol. The Kier molecular flexibility index (Phi) is 14.7. The summed E-state index contributed by atoms with van der Waals surface area (Å²) in [7, 11) is 0. The normalized spacial score (nSPS) is 25.1. The molecule has 1 saturated carbocycles. The van der Waals surface area contributed by atoms with E-state index < -0.39 is 0 Å². The zero-order valence-electron chi connectivity index (χ0n) is 16.7. The number of hydrogen-bond donors (Lipinski definition) is 0. The van der Waals surface area contributed by atoms with E-state index >= 15 is 0 Å². The molecule has 0 aromatic heterocycles. The molecule has 23 heavy (non-hydrogen) atoms. The molecular formula is C21H41NO. The quantitative estimate of drug-likeness (QED) is 0.645. The molecule has 2 fully saturated rings. The number of nitrogens with zero attached hydrogens (tertiary/aromatic N) is 1. The SMILES string of the molecule is CC.CC.CC#CCOC1CCN(CC2CCC(C)CC2)CC1. The van der Waals surface area contributed by atoms with Gasteiger partial charge >= 0.3 is 0 Å². The predicted octanol–water partition coefficient (Wildman–Crippen LogP) is 5.37. The average Bonchev–Trinajstić information content (AvgIpc) is 2.62. The van der Waals surface area contributed by atoms with Gasteiger partial charge in [0, 0.05) is 19.6 Å². The van der Waals surface area contributed by atoms with Crippen LogP contribution in [0.15, 0.2) is 0 Å². The van der Waals surface area contributed by atoms with Crippen LogP contribution in [0.25, 0.3) is 0 Å². The molecule has 1 saturated heterocycles. The minimum absolute atomic E-state index is 0.448. The van der Waals surface area contributed by atoms with Gasteiger partial charge in [-0.15, -0.1) is 5.92 Å². The number of rotatable bonds is 4. The summed E-state index contributed by atoms with van der Waals surface area (Å²) in [5, 5.41) is 0. The van der Waals surface area contributed by atoms with Crippen molar-refractivity contribution in [3.63, 3.8) is 0 Å². The van der Waals surface area contributed by atoms with Crippen LogP contribution in [0.2, 0.25) is 0 Å². The van der Waals surface area contributed by atoms with Crippen LogP contribution in [-0.2, 0) is 4.74 Å². The van der Waals surface area contributed by atoms with Crippen LogP contribution < -0.4 is 0 Å². The van der Waals surface area contributed by atoms with Gasteiger partial charge in [0.25, 0.3) is 0 Å². The molecule has 0 amide bonds. The molecule has 2 aliphatic rings. The number of hydrogen-bond acceptors (Lipinski definition) is 2. The van der Waals surface area contributed by atoms with Gasteiger partial charge in [-0.3, -0.25) is 0 Å². The number of ether oxygens (including phenoxy) is 1. The first-order valence-corrected chi connectivity index (χ1v) is 10.0. The topological polar surface area (TPSA) is 12.5 Å². The van der Waals surface area contributed by atoms with Crippen LogP contribution in [-0.4, -0.2) is 37.2 Å². The molecule has 2 nitrogen and oxygen atoms in total. The lowest BCUT2D eigenvalue weighted by molar-refractivity contribution is 0.0188. The first-order valence-electron chi connectivity index (χ1n) is 10.0. The van der Waals surface area contributed by atoms with Crippen LogP contribution in [0.4, 0.5) is 0 Å². The second kappa shape index (κ2) is 15.0. The van der Waals surface area contributed by atoms with Gasteiger partial charge < -0.3 is 9.64 Å². The summed E-state index contributed by atoms with van der Waals surface area (Å²) >= 11 is 0. The number of piperidine rings is 1. The third-order valence-corrected chi connectivity index (χ3v) is 4.75. The molecule has 0 aromatic carbocycles. The predicted molar refractivity (Wildman–Crippen MR) is 103 cm³/mol. The van der Waals surface area contributed by atoms with E-state index in [9.17, 15) is 0 Å². The van der Waals surface area contributed by atoms with Gasteiger partial charge in [0.2, 0.25) is 0 Å². The Morgan fingerprint density at radius 2 is 1.48 bits per heavy atom. The van der Waals surface area contributed by atoms with Crippen molar-refractivity contribution < 1.29 is 4.74 Å². The highest BCUT2D eigenvalue weighted by Crippen LogP contribution is 2.29. The van der Waals surface area contributed by atoms with Crippen LogP contribution >= 0.6 is 0 Å². The Morgan fingerprint density at radius 3 is 2.00 bits per heavy atom. The molecule has 0 atom stereocenters. The fourth-order valence-electron chi connectivity index (χ4n) is 3.37. The Bertz CT molecular complexity index is 302. The monoisotopic (exact) mass is 323 g/mol. The third-order valence-electron chi connectivity index (χ3n) is 4.75. The van der Waals surface area contributed by atoms with Gasteiger partial charge in [0.1, 0.15) is 6.61 Å². The van der Waals surface area contributed by atoms with E-state index in [-0.39, 0.29) is 0 Å². The lowest BCUT2D eigenvalue weighted by atomic mass is 9.82. The molecule has 0 radical (unpaired) electrons. The highest BCUT2D eigenvalue weighted by Gasteiger charge is 2.24. The van der Waals surface area contributed by atoms with Crippen molar-refractivity contribution in [1.29, 1.82) is 0 Å². The summed E-state index contributed by atoms with van der Waals surface area (Å²) in [6, 6.07) is 0. The minimum Gasteiger partial charge on any atom is -0.365 e. The lowest BCUT2D eigenvalue weighted by Gasteiger charge is -2.36. The van der Waals surface area contributed by atoms with Gasteiger partial charge in [-0.05, 0) is 44.4 Å². The van der Waals surface area contributed by atoms with Crippen molar-refractivity contribution >= 4 is 0 Å². The van der Waals surface area contributed by atoms with Crippen molar-refractivity contribution in [2.24, 2.45) is 11.8 Å². The lowest BCUT2D eigenvalue weighted by Crippen LogP contribution is -2.40.